The number of benzene rings is 1. The number of carbonyl (C=O) groups is 1. The second kappa shape index (κ2) is 10.4. The number of nitrogens with zero attached hydrogens (tertiary/aromatic N) is 3. The SMILES string of the molecule is CCN(CC)S(=O)(=O)c1ccc(CCC(=O)NCc2cccnc2N(C)C)cc1. The number of aryl methyl sites for hydroxylation is 1. The third kappa shape index (κ3) is 6.01. The maximum Gasteiger partial charge on any atom is 0.243 e. The van der Waals surface area contributed by atoms with Crippen molar-refractivity contribution >= 4 is 21.7 Å². The molecule has 1 heterocycles. The minimum atomic E-state index is -3.46. The molecule has 0 bridgehead atoms. The average Bonchev–Trinajstić information content (AvgIpc) is 2.71. The summed E-state index contributed by atoms with van der Waals surface area (Å²) in [6.45, 7) is 4.93. The monoisotopic (exact) mass is 418 g/mol. The van der Waals surface area contributed by atoms with Crippen molar-refractivity contribution in [1.82, 2.24) is 14.6 Å². The van der Waals surface area contributed by atoms with Crippen LogP contribution in [0, 0.1) is 0 Å². The van der Waals surface area contributed by atoms with Crippen LogP contribution in [-0.2, 0) is 27.8 Å². The van der Waals surface area contributed by atoms with Crippen LogP contribution in [0.25, 0.3) is 0 Å². The van der Waals surface area contributed by atoms with Gasteiger partial charge in [-0.2, -0.15) is 4.31 Å². The van der Waals surface area contributed by atoms with E-state index in [-0.39, 0.29) is 10.8 Å². The van der Waals surface area contributed by atoms with Gasteiger partial charge in [-0.3, -0.25) is 4.79 Å². The molecule has 7 nitrogen and oxygen atoms in total. The van der Waals surface area contributed by atoms with Crippen LogP contribution in [0.4, 0.5) is 5.82 Å². The zero-order valence-corrected chi connectivity index (χ0v) is 18.4. The van der Waals surface area contributed by atoms with Crippen molar-refractivity contribution in [2.75, 3.05) is 32.1 Å². The van der Waals surface area contributed by atoms with E-state index >= 15 is 0 Å². The van der Waals surface area contributed by atoms with E-state index in [0.29, 0.717) is 32.5 Å². The van der Waals surface area contributed by atoms with E-state index in [0.717, 1.165) is 16.9 Å². The Hall–Kier alpha value is -2.45. The Kier molecular flexibility index (Phi) is 8.16. The summed E-state index contributed by atoms with van der Waals surface area (Å²) in [7, 11) is 0.373. The van der Waals surface area contributed by atoms with Gasteiger partial charge in [0.25, 0.3) is 0 Å². The van der Waals surface area contributed by atoms with Gasteiger partial charge in [0.05, 0.1) is 4.90 Å². The Labute approximate surface area is 173 Å². The molecule has 0 aliphatic heterocycles. The molecule has 0 saturated heterocycles. The Morgan fingerprint density at radius 1 is 1.07 bits per heavy atom. The van der Waals surface area contributed by atoms with Gasteiger partial charge in [-0.1, -0.05) is 32.0 Å². The molecule has 0 atom stereocenters. The van der Waals surface area contributed by atoms with Crippen molar-refractivity contribution < 1.29 is 13.2 Å². The molecule has 0 saturated carbocycles. The van der Waals surface area contributed by atoms with E-state index < -0.39 is 10.0 Å². The number of hydrogen-bond acceptors (Lipinski definition) is 5. The van der Waals surface area contributed by atoms with E-state index in [1.54, 1.807) is 30.5 Å². The van der Waals surface area contributed by atoms with E-state index in [4.69, 9.17) is 0 Å². The lowest BCUT2D eigenvalue weighted by molar-refractivity contribution is -0.121. The molecular weight excluding hydrogens is 388 g/mol. The molecular formula is C21H30N4O3S. The Morgan fingerprint density at radius 3 is 2.31 bits per heavy atom. The molecule has 1 aromatic heterocycles. The van der Waals surface area contributed by atoms with Gasteiger partial charge in [0.15, 0.2) is 0 Å². The highest BCUT2D eigenvalue weighted by molar-refractivity contribution is 7.89. The van der Waals surface area contributed by atoms with Crippen molar-refractivity contribution in [3.63, 3.8) is 0 Å². The van der Waals surface area contributed by atoms with Gasteiger partial charge in [-0.15, -0.1) is 0 Å². The Balaban J connectivity index is 1.91. The van der Waals surface area contributed by atoms with Crippen molar-refractivity contribution in [2.24, 2.45) is 0 Å². The summed E-state index contributed by atoms with van der Waals surface area (Å²) in [6, 6.07) is 10.6. The highest BCUT2D eigenvalue weighted by Crippen LogP contribution is 2.17. The first kappa shape index (κ1) is 22.8. The third-order valence-electron chi connectivity index (χ3n) is 4.67. The molecule has 8 heteroatoms. The Morgan fingerprint density at radius 2 is 1.72 bits per heavy atom. The van der Waals surface area contributed by atoms with Crippen molar-refractivity contribution in [3.8, 4) is 0 Å². The van der Waals surface area contributed by atoms with Crippen LogP contribution in [0.1, 0.15) is 31.4 Å². The van der Waals surface area contributed by atoms with Crippen LogP contribution in [0.2, 0.25) is 0 Å². The standard InChI is InChI=1S/C21H30N4O3S/c1-5-25(6-2)29(27,28)19-12-9-17(10-13-19)11-14-20(26)23-16-18-8-7-15-22-21(18)24(3)4/h7-10,12-13,15H,5-6,11,14,16H2,1-4H3,(H,23,26). The normalized spacial score (nSPS) is 11.5. The Bertz CT molecular complexity index is 908. The fraction of sp³-hybridized carbons (Fsp3) is 0.429. The fourth-order valence-electron chi connectivity index (χ4n) is 3.05. The molecule has 0 radical (unpaired) electrons. The smallest absolute Gasteiger partial charge is 0.243 e. The van der Waals surface area contributed by atoms with E-state index in [1.165, 1.54) is 4.31 Å². The number of nitrogens with one attached hydrogen (secondary N) is 1. The maximum absolute atomic E-state index is 12.5. The minimum Gasteiger partial charge on any atom is -0.362 e. The van der Waals surface area contributed by atoms with Gasteiger partial charge < -0.3 is 10.2 Å². The molecule has 1 N–H and O–H groups in total. The zero-order valence-electron chi connectivity index (χ0n) is 17.6. The second-order valence-electron chi connectivity index (χ2n) is 6.89. The molecule has 2 aromatic rings. The van der Waals surface area contributed by atoms with Crippen LogP contribution in [0.15, 0.2) is 47.5 Å². The lowest BCUT2D eigenvalue weighted by Gasteiger charge is -2.18. The molecule has 1 aromatic carbocycles. The third-order valence-corrected chi connectivity index (χ3v) is 6.74. The van der Waals surface area contributed by atoms with Gasteiger partial charge in [0.1, 0.15) is 5.82 Å². The molecule has 0 unspecified atom stereocenters. The van der Waals surface area contributed by atoms with E-state index in [9.17, 15) is 13.2 Å². The topological polar surface area (TPSA) is 82.6 Å². The van der Waals surface area contributed by atoms with Crippen LogP contribution < -0.4 is 10.2 Å². The number of anilines is 1. The number of rotatable bonds is 10. The number of pyridine rings is 1. The number of hydrogen-bond donors (Lipinski definition) is 1. The van der Waals surface area contributed by atoms with E-state index in [2.05, 4.69) is 10.3 Å². The molecule has 0 fully saturated rings. The number of sulfonamides is 1. The summed E-state index contributed by atoms with van der Waals surface area (Å²) in [5, 5.41) is 2.92. The summed E-state index contributed by atoms with van der Waals surface area (Å²) < 4.78 is 26.5. The van der Waals surface area contributed by atoms with Gasteiger partial charge in [-0.05, 0) is 30.2 Å². The first-order valence-corrected chi connectivity index (χ1v) is 11.2. The quantitative estimate of drug-likeness (QED) is 0.641. The van der Waals surface area contributed by atoms with Crippen molar-refractivity contribution in [1.29, 1.82) is 0 Å². The average molecular weight is 419 g/mol. The van der Waals surface area contributed by atoms with Crippen molar-refractivity contribution in [3.05, 3.63) is 53.7 Å². The molecule has 158 valence electrons. The molecule has 0 aliphatic rings. The molecule has 29 heavy (non-hydrogen) atoms. The molecule has 1 amide bonds. The summed E-state index contributed by atoms with van der Waals surface area (Å²) >= 11 is 0. The van der Waals surface area contributed by atoms with Crippen LogP contribution in [0.5, 0.6) is 0 Å². The fourth-order valence-corrected chi connectivity index (χ4v) is 4.51. The predicted molar refractivity (Wildman–Crippen MR) is 115 cm³/mol. The highest BCUT2D eigenvalue weighted by atomic mass is 32.2. The number of amides is 1. The predicted octanol–water partition coefficient (Wildman–Crippen LogP) is 2.43. The van der Waals surface area contributed by atoms with Gasteiger partial charge in [-0.25, -0.2) is 13.4 Å². The molecule has 0 spiro atoms. The van der Waals surface area contributed by atoms with Gasteiger partial charge >= 0.3 is 0 Å². The number of aromatic nitrogens is 1. The summed E-state index contributed by atoms with van der Waals surface area (Å²) in [4.78, 5) is 18.7. The molecule has 2 rings (SSSR count). The first-order valence-electron chi connectivity index (χ1n) is 9.76. The van der Waals surface area contributed by atoms with Gasteiger partial charge in [0, 0.05) is 51.9 Å². The van der Waals surface area contributed by atoms with Crippen LogP contribution in [-0.4, -0.2) is 50.8 Å². The van der Waals surface area contributed by atoms with Crippen LogP contribution >= 0.6 is 0 Å². The second-order valence-corrected chi connectivity index (χ2v) is 8.83. The molecule has 0 aliphatic carbocycles. The van der Waals surface area contributed by atoms with Crippen LogP contribution in [0.3, 0.4) is 0 Å². The summed E-state index contributed by atoms with van der Waals surface area (Å²) in [6.07, 6.45) is 2.61. The number of carbonyl (C=O) groups excluding carboxylic acids is 1. The lowest BCUT2D eigenvalue weighted by atomic mass is 10.1. The first-order chi connectivity index (χ1) is 13.8. The van der Waals surface area contributed by atoms with Gasteiger partial charge in [0.2, 0.25) is 15.9 Å². The summed E-state index contributed by atoms with van der Waals surface area (Å²) in [5.74, 6) is 0.774. The minimum absolute atomic E-state index is 0.0570. The lowest BCUT2D eigenvalue weighted by Crippen LogP contribution is -2.30. The van der Waals surface area contributed by atoms with E-state index in [1.807, 2.05) is 45.0 Å². The van der Waals surface area contributed by atoms with Crippen molar-refractivity contribution in [2.45, 2.75) is 38.1 Å². The largest absolute Gasteiger partial charge is 0.362 e. The highest BCUT2D eigenvalue weighted by Gasteiger charge is 2.21. The maximum atomic E-state index is 12.5. The summed E-state index contributed by atoms with van der Waals surface area (Å²) in [5.41, 5.74) is 1.88. The zero-order chi connectivity index (χ0) is 21.4.